The van der Waals surface area contributed by atoms with E-state index in [1.165, 1.54) is 23.6 Å². The van der Waals surface area contributed by atoms with Crippen molar-refractivity contribution in [1.29, 1.82) is 0 Å². The summed E-state index contributed by atoms with van der Waals surface area (Å²) in [6, 6.07) is -0.665. The summed E-state index contributed by atoms with van der Waals surface area (Å²) in [6.45, 7) is -1.10. The van der Waals surface area contributed by atoms with Crippen LogP contribution in [0.5, 0.6) is 0 Å². The zero-order valence-electron chi connectivity index (χ0n) is 22.6. The number of nitrogens with zero attached hydrogens (tertiary/aromatic N) is 8. The number of carbonyl (C=O) groups is 1. The molecule has 0 atom stereocenters. The average molecular weight is 632 g/mol. The minimum atomic E-state index is -3.27. The van der Waals surface area contributed by atoms with Gasteiger partial charge in [-0.25, -0.2) is 29.7 Å². The van der Waals surface area contributed by atoms with E-state index in [-0.39, 0.29) is 34.2 Å². The largest absolute Gasteiger partial charge is 0.440 e. The summed E-state index contributed by atoms with van der Waals surface area (Å²) >= 11 is 6.07. The SMILES string of the molecule is O=C(OCC(O)(O)O)N(c1cnc(-c2cncnc2)cn1)C1CCC(Nc2ncc(C(O)(O)O)c(-c3nocc3Cl)n2)CC1. The molecule has 5 rings (SSSR count). The molecule has 0 radical (unpaired) electrons. The monoisotopic (exact) mass is 631 g/mol. The summed E-state index contributed by atoms with van der Waals surface area (Å²) in [5.74, 6) is -6.30. The van der Waals surface area contributed by atoms with Crippen molar-refractivity contribution in [2.45, 2.75) is 49.7 Å². The first-order chi connectivity index (χ1) is 20.9. The van der Waals surface area contributed by atoms with Crippen molar-refractivity contribution < 1.29 is 44.7 Å². The Balaban J connectivity index is 1.32. The van der Waals surface area contributed by atoms with Gasteiger partial charge >= 0.3 is 18.0 Å². The Labute approximate surface area is 252 Å². The van der Waals surface area contributed by atoms with Crippen LogP contribution in [0.25, 0.3) is 22.6 Å². The van der Waals surface area contributed by atoms with Gasteiger partial charge in [0.25, 0.3) is 0 Å². The molecule has 1 saturated carbocycles. The smallest absolute Gasteiger partial charge is 0.416 e. The van der Waals surface area contributed by atoms with Gasteiger partial charge in [0.15, 0.2) is 18.1 Å². The van der Waals surface area contributed by atoms with E-state index >= 15 is 0 Å². The third-order valence-electron chi connectivity index (χ3n) is 6.62. The normalized spacial score (nSPS) is 17.2. The molecule has 4 aromatic rings. The minimum absolute atomic E-state index is 0.0155. The third kappa shape index (κ3) is 7.37. The Bertz CT molecular complexity index is 1570. The highest BCUT2D eigenvalue weighted by Crippen LogP contribution is 2.33. The molecule has 18 nitrogen and oxygen atoms in total. The van der Waals surface area contributed by atoms with Gasteiger partial charge in [0, 0.05) is 36.2 Å². The van der Waals surface area contributed by atoms with Crippen molar-refractivity contribution in [2.24, 2.45) is 0 Å². The predicted molar refractivity (Wildman–Crippen MR) is 147 cm³/mol. The molecular weight excluding hydrogens is 606 g/mol. The van der Waals surface area contributed by atoms with Crippen LogP contribution < -0.4 is 10.2 Å². The van der Waals surface area contributed by atoms with Gasteiger partial charge in [0.1, 0.15) is 23.3 Å². The molecule has 4 aromatic heterocycles. The molecule has 0 aliphatic heterocycles. The highest BCUT2D eigenvalue weighted by Gasteiger charge is 2.35. The van der Waals surface area contributed by atoms with E-state index in [1.54, 1.807) is 12.4 Å². The topological polar surface area (TPSA) is 266 Å². The van der Waals surface area contributed by atoms with Crippen molar-refractivity contribution >= 4 is 29.5 Å². The molecule has 19 heteroatoms. The van der Waals surface area contributed by atoms with Gasteiger partial charge in [-0.15, -0.1) is 0 Å². The second-order valence-corrected chi connectivity index (χ2v) is 10.2. The van der Waals surface area contributed by atoms with Crippen molar-refractivity contribution in [3.05, 3.63) is 54.2 Å². The first-order valence-corrected chi connectivity index (χ1v) is 13.4. The number of nitrogens with one attached hydrogen (secondary N) is 1. The van der Waals surface area contributed by atoms with Gasteiger partial charge in [0.05, 0.1) is 23.7 Å². The third-order valence-corrected chi connectivity index (χ3v) is 6.89. The summed E-state index contributed by atoms with van der Waals surface area (Å²) in [7, 11) is 0. The molecule has 1 fully saturated rings. The summed E-state index contributed by atoms with van der Waals surface area (Å²) in [4.78, 5) is 39.2. The summed E-state index contributed by atoms with van der Waals surface area (Å²) in [6.07, 6.45) is 10.2. The molecule has 0 aromatic carbocycles. The van der Waals surface area contributed by atoms with Crippen LogP contribution in [0.2, 0.25) is 5.02 Å². The average Bonchev–Trinajstić information content (AvgIpc) is 3.42. The van der Waals surface area contributed by atoms with E-state index in [4.69, 9.17) is 20.9 Å². The molecule has 7 N–H and O–H groups in total. The van der Waals surface area contributed by atoms with E-state index in [0.29, 0.717) is 36.9 Å². The number of halogens is 1. The summed E-state index contributed by atoms with van der Waals surface area (Å²) < 4.78 is 9.74. The minimum Gasteiger partial charge on any atom is -0.440 e. The van der Waals surface area contributed by atoms with Gasteiger partial charge in [-0.3, -0.25) is 9.88 Å². The standard InChI is InChI=1S/C25H26ClN9O9/c26-17-10-44-34-21(17)20-16(25(40,41)42)7-31-22(33-20)32-14-1-3-15(4-2-14)35(23(36)43-11-24(37,38)39)19-9-29-18(8-30-19)13-5-27-12-28-6-13/h5-10,12,14-15,37-42H,1-4,11H2,(H,31,32,33). The van der Waals surface area contributed by atoms with Crippen molar-refractivity contribution in [2.75, 3.05) is 16.8 Å². The zero-order valence-corrected chi connectivity index (χ0v) is 23.4. The van der Waals surface area contributed by atoms with Gasteiger partial charge in [0.2, 0.25) is 5.95 Å². The fourth-order valence-corrected chi connectivity index (χ4v) is 4.77. The van der Waals surface area contributed by atoms with Crippen LogP contribution in [-0.2, 0) is 10.7 Å². The molecule has 232 valence electrons. The van der Waals surface area contributed by atoms with Crippen molar-refractivity contribution in [1.82, 2.24) is 35.1 Å². The number of aliphatic hydroxyl groups is 6. The Hall–Kier alpha value is -4.43. The first kappa shape index (κ1) is 31.0. The number of aromatic nitrogens is 7. The second kappa shape index (κ2) is 12.7. The highest BCUT2D eigenvalue weighted by atomic mass is 35.5. The Kier molecular flexibility index (Phi) is 8.92. The molecule has 0 spiro atoms. The zero-order chi connectivity index (χ0) is 31.5. The predicted octanol–water partition coefficient (Wildman–Crippen LogP) is 0.116. The maximum absolute atomic E-state index is 13.1. The number of amides is 1. The second-order valence-electron chi connectivity index (χ2n) is 9.84. The number of hydrogen-bond donors (Lipinski definition) is 7. The molecule has 0 bridgehead atoms. The van der Waals surface area contributed by atoms with Crippen LogP contribution in [0, 0.1) is 0 Å². The van der Waals surface area contributed by atoms with Crippen LogP contribution in [0.15, 0.2) is 48.1 Å². The molecule has 0 saturated heterocycles. The quantitative estimate of drug-likeness (QED) is 0.121. The van der Waals surface area contributed by atoms with Gasteiger partial charge < -0.3 is 45.2 Å². The molecule has 4 heterocycles. The molecule has 1 amide bonds. The number of hydrogen-bond acceptors (Lipinski definition) is 17. The number of anilines is 2. The van der Waals surface area contributed by atoms with Gasteiger partial charge in [-0.1, -0.05) is 16.8 Å². The van der Waals surface area contributed by atoms with Gasteiger partial charge in [-0.2, -0.15) is 0 Å². The van der Waals surface area contributed by atoms with Crippen LogP contribution >= 0.6 is 11.6 Å². The lowest BCUT2D eigenvalue weighted by molar-refractivity contribution is -0.325. The molecule has 0 unspecified atom stereocenters. The van der Waals surface area contributed by atoms with E-state index in [0.717, 1.165) is 12.5 Å². The molecule has 1 aliphatic rings. The number of ether oxygens (including phenoxy) is 1. The lowest BCUT2D eigenvalue weighted by Crippen LogP contribution is -2.46. The molecule has 1 aliphatic carbocycles. The van der Waals surface area contributed by atoms with Crippen molar-refractivity contribution in [3.8, 4) is 22.6 Å². The number of carbonyl (C=O) groups excluding carboxylic acids is 1. The molecular formula is C25H26ClN9O9. The Morgan fingerprint density at radius 2 is 1.70 bits per heavy atom. The Morgan fingerprint density at radius 1 is 0.977 bits per heavy atom. The van der Waals surface area contributed by atoms with E-state index in [9.17, 15) is 35.4 Å². The van der Waals surface area contributed by atoms with Crippen LogP contribution in [-0.4, -0.2) is 96.5 Å². The number of rotatable bonds is 9. The van der Waals surface area contributed by atoms with E-state index in [2.05, 4.69) is 40.4 Å². The lowest BCUT2D eigenvalue weighted by atomic mass is 9.90. The lowest BCUT2D eigenvalue weighted by Gasteiger charge is -2.36. The maximum atomic E-state index is 13.1. The maximum Gasteiger partial charge on any atom is 0.416 e. The van der Waals surface area contributed by atoms with E-state index in [1.807, 2.05) is 0 Å². The van der Waals surface area contributed by atoms with Crippen LogP contribution in [0.4, 0.5) is 16.6 Å². The highest BCUT2D eigenvalue weighted by molar-refractivity contribution is 6.32. The van der Waals surface area contributed by atoms with Gasteiger partial charge in [-0.05, 0) is 25.7 Å². The first-order valence-electron chi connectivity index (χ1n) is 13.0. The van der Waals surface area contributed by atoms with Crippen LogP contribution in [0.3, 0.4) is 0 Å². The molecule has 44 heavy (non-hydrogen) atoms. The van der Waals surface area contributed by atoms with Crippen LogP contribution in [0.1, 0.15) is 31.2 Å². The summed E-state index contributed by atoms with van der Waals surface area (Å²) in [5.41, 5.74) is 0.365. The fraction of sp³-hybridized carbons (Fsp3) is 0.360. The van der Waals surface area contributed by atoms with Crippen molar-refractivity contribution in [3.63, 3.8) is 0 Å². The summed E-state index contributed by atoms with van der Waals surface area (Å²) in [5, 5.41) is 63.8. The van der Waals surface area contributed by atoms with E-state index < -0.39 is 36.3 Å². The Morgan fingerprint density at radius 3 is 2.30 bits per heavy atom. The fourth-order valence-electron chi connectivity index (χ4n) is 4.60.